The fraction of sp³-hybridized carbons (Fsp3) is 0.545. The van der Waals surface area contributed by atoms with Crippen LogP contribution in [0.1, 0.15) is 12.8 Å². The first-order chi connectivity index (χ1) is 8.83. The minimum atomic E-state index is -3.57. The summed E-state index contributed by atoms with van der Waals surface area (Å²) in [5, 5.41) is 0.212. The molecule has 0 fully saturated rings. The van der Waals surface area contributed by atoms with Crippen molar-refractivity contribution in [1.82, 2.24) is 14.6 Å². The van der Waals surface area contributed by atoms with Crippen LogP contribution in [0.4, 0.5) is 0 Å². The Labute approximate surface area is 124 Å². The van der Waals surface area contributed by atoms with Crippen molar-refractivity contribution >= 4 is 33.2 Å². The number of nitrogens with one attached hydrogen (secondary N) is 1. The van der Waals surface area contributed by atoms with Crippen molar-refractivity contribution < 1.29 is 8.42 Å². The van der Waals surface area contributed by atoms with Crippen LogP contribution < -0.4 is 4.72 Å². The Morgan fingerprint density at radius 2 is 2.00 bits per heavy atom. The molecule has 0 bridgehead atoms. The number of aromatic nitrogens is 1. The van der Waals surface area contributed by atoms with E-state index in [0.717, 1.165) is 19.4 Å². The number of rotatable bonds is 7. The minimum absolute atomic E-state index is 0.0227. The predicted octanol–water partition coefficient (Wildman–Crippen LogP) is 2.01. The quantitative estimate of drug-likeness (QED) is 0.615. The molecule has 5 nitrogen and oxygen atoms in total. The summed E-state index contributed by atoms with van der Waals surface area (Å²) in [4.78, 5) is 5.80. The van der Waals surface area contributed by atoms with Gasteiger partial charge in [0.25, 0.3) is 0 Å². The van der Waals surface area contributed by atoms with Crippen LogP contribution in [-0.2, 0) is 10.0 Å². The van der Waals surface area contributed by atoms with Gasteiger partial charge in [-0.2, -0.15) is 0 Å². The van der Waals surface area contributed by atoms with Gasteiger partial charge in [0.15, 0.2) is 0 Å². The molecule has 0 saturated carbocycles. The van der Waals surface area contributed by atoms with Gasteiger partial charge in [0, 0.05) is 12.7 Å². The highest BCUT2D eigenvalue weighted by Crippen LogP contribution is 2.21. The molecule has 1 rings (SSSR count). The minimum Gasteiger partial charge on any atom is -0.309 e. The molecule has 0 aliphatic rings. The summed E-state index contributed by atoms with van der Waals surface area (Å²) in [6.45, 7) is 1.31. The van der Waals surface area contributed by atoms with Crippen molar-refractivity contribution in [3.8, 4) is 0 Å². The molecule has 0 aliphatic carbocycles. The molecule has 1 aromatic rings. The highest BCUT2D eigenvalue weighted by molar-refractivity contribution is 7.89. The largest absolute Gasteiger partial charge is 0.309 e. The molecule has 1 N–H and O–H groups in total. The van der Waals surface area contributed by atoms with Crippen LogP contribution in [0.25, 0.3) is 0 Å². The Hall–Kier alpha value is -0.400. The molecular weight excluding hydrogens is 309 g/mol. The van der Waals surface area contributed by atoms with Gasteiger partial charge in [-0.25, -0.2) is 18.1 Å². The number of hydrogen-bond donors (Lipinski definition) is 1. The van der Waals surface area contributed by atoms with E-state index in [1.165, 1.54) is 12.3 Å². The first-order valence-electron chi connectivity index (χ1n) is 5.78. The van der Waals surface area contributed by atoms with Crippen LogP contribution >= 0.6 is 23.2 Å². The standard InChI is InChI=1S/C11H17Cl2N3O2S/c1-16(2)6-4-3-5-15-19(17,18)9-7-10(12)11(13)14-8-9/h7-8,15H,3-6H2,1-2H3. The molecule has 0 spiro atoms. The first kappa shape index (κ1) is 16.7. The summed E-state index contributed by atoms with van der Waals surface area (Å²) in [6, 6.07) is 1.29. The molecule has 1 heterocycles. The van der Waals surface area contributed by atoms with Crippen LogP contribution in [0, 0.1) is 0 Å². The summed E-state index contributed by atoms with van der Waals surface area (Å²) in [5.41, 5.74) is 0. The molecule has 0 amide bonds. The molecule has 108 valence electrons. The monoisotopic (exact) mass is 325 g/mol. The maximum absolute atomic E-state index is 11.9. The van der Waals surface area contributed by atoms with E-state index in [-0.39, 0.29) is 15.1 Å². The molecule has 0 unspecified atom stereocenters. The second-order valence-corrected chi connectivity index (χ2v) is 6.88. The Morgan fingerprint density at radius 3 is 2.58 bits per heavy atom. The molecule has 0 radical (unpaired) electrons. The van der Waals surface area contributed by atoms with Crippen molar-refractivity contribution in [2.75, 3.05) is 27.2 Å². The summed E-state index contributed by atoms with van der Waals surface area (Å²) >= 11 is 11.4. The third-order valence-corrected chi connectivity index (χ3v) is 4.52. The molecule has 8 heteroatoms. The fourth-order valence-corrected chi connectivity index (χ4v) is 2.77. The van der Waals surface area contributed by atoms with Gasteiger partial charge in [0.05, 0.1) is 5.02 Å². The van der Waals surface area contributed by atoms with Gasteiger partial charge in [-0.05, 0) is 39.5 Å². The molecule has 0 aliphatic heterocycles. The number of pyridine rings is 1. The molecule has 0 saturated heterocycles. The Balaban J connectivity index is 2.54. The SMILES string of the molecule is CN(C)CCCCNS(=O)(=O)c1cnc(Cl)c(Cl)c1. The summed E-state index contributed by atoms with van der Waals surface area (Å²) in [5.74, 6) is 0. The van der Waals surface area contributed by atoms with E-state index in [2.05, 4.69) is 14.6 Å². The normalized spacial score (nSPS) is 12.1. The lowest BCUT2D eigenvalue weighted by Gasteiger charge is -2.10. The lowest BCUT2D eigenvalue weighted by molar-refractivity contribution is 0.394. The van der Waals surface area contributed by atoms with Crippen molar-refractivity contribution in [2.45, 2.75) is 17.7 Å². The van der Waals surface area contributed by atoms with Crippen LogP contribution in [0.5, 0.6) is 0 Å². The zero-order valence-electron chi connectivity index (χ0n) is 10.9. The van der Waals surface area contributed by atoms with Gasteiger partial charge in [-0.3, -0.25) is 0 Å². The van der Waals surface area contributed by atoms with Crippen molar-refractivity contribution in [2.24, 2.45) is 0 Å². The Bertz CT molecular complexity index is 521. The smallest absolute Gasteiger partial charge is 0.242 e. The molecule has 1 aromatic heterocycles. The van der Waals surface area contributed by atoms with Gasteiger partial charge in [0.2, 0.25) is 10.0 Å². The summed E-state index contributed by atoms with van der Waals surface area (Å²) in [6.07, 6.45) is 2.89. The van der Waals surface area contributed by atoms with Gasteiger partial charge < -0.3 is 4.90 Å². The molecule has 0 aromatic carbocycles. The van der Waals surface area contributed by atoms with Crippen LogP contribution in [-0.4, -0.2) is 45.5 Å². The van der Waals surface area contributed by atoms with Gasteiger partial charge in [0.1, 0.15) is 10.0 Å². The van der Waals surface area contributed by atoms with E-state index in [4.69, 9.17) is 23.2 Å². The predicted molar refractivity (Wildman–Crippen MR) is 77.2 cm³/mol. The van der Waals surface area contributed by atoms with Gasteiger partial charge in [-0.15, -0.1) is 0 Å². The zero-order valence-corrected chi connectivity index (χ0v) is 13.2. The number of nitrogens with zero attached hydrogens (tertiary/aromatic N) is 2. The second-order valence-electron chi connectivity index (χ2n) is 4.35. The van der Waals surface area contributed by atoms with E-state index < -0.39 is 10.0 Å². The summed E-state index contributed by atoms with van der Waals surface area (Å²) < 4.78 is 26.4. The van der Waals surface area contributed by atoms with Crippen LogP contribution in [0.2, 0.25) is 10.2 Å². The van der Waals surface area contributed by atoms with Crippen molar-refractivity contribution in [1.29, 1.82) is 0 Å². The number of sulfonamides is 1. The third-order valence-electron chi connectivity index (χ3n) is 2.41. The number of halogens is 2. The van der Waals surface area contributed by atoms with Gasteiger partial charge in [-0.1, -0.05) is 23.2 Å². The molecular formula is C11H17Cl2N3O2S. The Kier molecular flexibility index (Phi) is 6.49. The van der Waals surface area contributed by atoms with Crippen molar-refractivity contribution in [3.63, 3.8) is 0 Å². The zero-order chi connectivity index (χ0) is 14.5. The molecule has 0 atom stereocenters. The second kappa shape index (κ2) is 7.40. The van der Waals surface area contributed by atoms with Crippen LogP contribution in [0.3, 0.4) is 0 Å². The van der Waals surface area contributed by atoms with E-state index in [9.17, 15) is 8.42 Å². The average molecular weight is 326 g/mol. The topological polar surface area (TPSA) is 62.3 Å². The molecule has 19 heavy (non-hydrogen) atoms. The third kappa shape index (κ3) is 5.62. The summed E-state index contributed by atoms with van der Waals surface area (Å²) in [7, 11) is 0.386. The number of unbranched alkanes of at least 4 members (excludes halogenated alkanes) is 1. The van der Waals surface area contributed by atoms with E-state index in [1.807, 2.05) is 14.1 Å². The first-order valence-corrected chi connectivity index (χ1v) is 8.02. The highest BCUT2D eigenvalue weighted by Gasteiger charge is 2.15. The lowest BCUT2D eigenvalue weighted by atomic mass is 10.3. The highest BCUT2D eigenvalue weighted by atomic mass is 35.5. The maximum Gasteiger partial charge on any atom is 0.242 e. The fourth-order valence-electron chi connectivity index (χ4n) is 1.39. The van der Waals surface area contributed by atoms with E-state index >= 15 is 0 Å². The number of hydrogen-bond acceptors (Lipinski definition) is 4. The maximum atomic E-state index is 11.9. The Morgan fingerprint density at radius 1 is 1.32 bits per heavy atom. The van der Waals surface area contributed by atoms with E-state index in [0.29, 0.717) is 6.54 Å². The lowest BCUT2D eigenvalue weighted by Crippen LogP contribution is -2.25. The van der Waals surface area contributed by atoms with Gasteiger partial charge >= 0.3 is 0 Å². The van der Waals surface area contributed by atoms with Crippen LogP contribution in [0.15, 0.2) is 17.2 Å². The van der Waals surface area contributed by atoms with Crippen molar-refractivity contribution in [3.05, 3.63) is 22.4 Å². The van der Waals surface area contributed by atoms with E-state index in [1.54, 1.807) is 0 Å². The average Bonchev–Trinajstić information content (AvgIpc) is 2.31.